The van der Waals surface area contributed by atoms with E-state index in [1.165, 1.54) is 0 Å². The molecule has 126 valence electrons. The minimum absolute atomic E-state index is 0. The predicted molar refractivity (Wildman–Crippen MR) is 88.0 cm³/mol. The number of ketones is 1. The average Bonchev–Trinajstić information content (AvgIpc) is 2.41. The van der Waals surface area contributed by atoms with Gasteiger partial charge in [0.15, 0.2) is 5.78 Å². The van der Waals surface area contributed by atoms with Gasteiger partial charge in [-0.05, 0) is 35.9 Å². The van der Waals surface area contributed by atoms with Gasteiger partial charge in [0, 0.05) is 33.7 Å². The van der Waals surface area contributed by atoms with Gasteiger partial charge >= 0.3 is 29.6 Å². The smallest absolute Gasteiger partial charge is 0.550 e. The van der Waals surface area contributed by atoms with Crippen molar-refractivity contribution in [3.63, 3.8) is 0 Å². The van der Waals surface area contributed by atoms with Crippen LogP contribution in [-0.2, 0) is 11.2 Å². The molecular formula is C15H17BrNNaO6. The number of nitrogens with two attached hydrogens (primary N) is 1. The summed E-state index contributed by atoms with van der Waals surface area (Å²) >= 11 is 3.30. The van der Waals surface area contributed by atoms with Crippen LogP contribution in [-0.4, -0.2) is 28.2 Å². The third kappa shape index (κ3) is 6.70. The van der Waals surface area contributed by atoms with Crippen LogP contribution in [0.5, 0.6) is 0 Å². The van der Waals surface area contributed by atoms with E-state index >= 15 is 0 Å². The Morgan fingerprint density at radius 1 is 1.00 bits per heavy atom. The summed E-state index contributed by atoms with van der Waals surface area (Å²) < 4.78 is 0.868. The molecule has 0 heterocycles. The molecule has 0 atom stereocenters. The van der Waals surface area contributed by atoms with E-state index in [4.69, 9.17) is 5.73 Å². The molecule has 9 heteroatoms. The number of halogens is 1. The first-order valence-corrected chi connectivity index (χ1v) is 6.66. The van der Waals surface area contributed by atoms with Gasteiger partial charge in [-0.2, -0.15) is 0 Å². The second kappa shape index (κ2) is 12.2. The van der Waals surface area contributed by atoms with Crippen LogP contribution >= 0.6 is 15.9 Å². The fraction of sp³-hybridized carbons (Fsp3) is 0.0667. The number of carbonyl (C=O) groups excluding carboxylic acids is 2. The van der Waals surface area contributed by atoms with Crippen LogP contribution in [0.1, 0.15) is 21.5 Å². The quantitative estimate of drug-likeness (QED) is 0.308. The Balaban J connectivity index is -0.00000110. The third-order valence-corrected chi connectivity index (χ3v) is 3.41. The molecule has 7 nitrogen and oxygen atoms in total. The van der Waals surface area contributed by atoms with Crippen molar-refractivity contribution in [1.82, 2.24) is 0 Å². The van der Waals surface area contributed by atoms with Crippen molar-refractivity contribution in [2.45, 2.75) is 6.42 Å². The van der Waals surface area contributed by atoms with Gasteiger partial charge in [0.1, 0.15) is 0 Å². The number of hydrogen-bond donors (Lipinski definition) is 1. The number of carboxylic acids is 1. The van der Waals surface area contributed by atoms with Crippen LogP contribution < -0.4 is 40.4 Å². The summed E-state index contributed by atoms with van der Waals surface area (Å²) in [5.74, 6) is -1.47. The number of rotatable bonds is 4. The Morgan fingerprint density at radius 3 is 2.04 bits per heavy atom. The zero-order chi connectivity index (χ0) is 14.7. The van der Waals surface area contributed by atoms with E-state index in [0.29, 0.717) is 16.7 Å². The first-order chi connectivity index (χ1) is 9.49. The topological polar surface area (TPSA) is 178 Å². The van der Waals surface area contributed by atoms with E-state index < -0.39 is 5.97 Å². The van der Waals surface area contributed by atoms with E-state index in [2.05, 4.69) is 15.9 Å². The number of para-hydroxylation sites is 1. The predicted octanol–water partition coefficient (Wildman–Crippen LogP) is -3.92. The van der Waals surface area contributed by atoms with Gasteiger partial charge in [-0.3, -0.25) is 4.79 Å². The molecule has 0 spiro atoms. The van der Waals surface area contributed by atoms with Gasteiger partial charge in [-0.15, -0.1) is 0 Å². The van der Waals surface area contributed by atoms with Gasteiger partial charge in [0.05, 0.1) is 0 Å². The van der Waals surface area contributed by atoms with Crippen molar-refractivity contribution in [1.29, 1.82) is 0 Å². The zero-order valence-electron chi connectivity index (χ0n) is 12.9. The van der Waals surface area contributed by atoms with Crippen LogP contribution in [0.2, 0.25) is 0 Å². The third-order valence-electron chi connectivity index (χ3n) is 2.88. The summed E-state index contributed by atoms with van der Waals surface area (Å²) in [5, 5.41) is 10.7. The van der Waals surface area contributed by atoms with Crippen molar-refractivity contribution in [3.8, 4) is 0 Å². The summed E-state index contributed by atoms with van der Waals surface area (Å²) in [6.07, 6.45) is -0.312. The number of carboxylic acid groups (broad SMARTS) is 1. The molecule has 0 saturated carbocycles. The van der Waals surface area contributed by atoms with Crippen LogP contribution in [0, 0.1) is 0 Å². The van der Waals surface area contributed by atoms with Crippen molar-refractivity contribution < 1.29 is 60.7 Å². The van der Waals surface area contributed by atoms with Gasteiger partial charge in [-0.25, -0.2) is 0 Å². The summed E-state index contributed by atoms with van der Waals surface area (Å²) in [5.41, 5.74) is 7.23. The number of aliphatic carboxylic acids is 1. The summed E-state index contributed by atoms with van der Waals surface area (Å²) in [6.45, 7) is 0. The molecule has 2 aromatic carbocycles. The fourth-order valence-electron chi connectivity index (χ4n) is 1.88. The molecule has 8 N–H and O–H groups in total. The Bertz CT molecular complexity index is 678. The van der Waals surface area contributed by atoms with Crippen LogP contribution in [0.4, 0.5) is 5.69 Å². The molecule has 0 bridgehead atoms. The molecular weight excluding hydrogens is 393 g/mol. The molecule has 0 fully saturated rings. The van der Waals surface area contributed by atoms with Crippen molar-refractivity contribution in [2.24, 2.45) is 0 Å². The second-order valence-corrected chi connectivity index (χ2v) is 5.18. The summed E-state index contributed by atoms with van der Waals surface area (Å²) in [7, 11) is 0. The monoisotopic (exact) mass is 409 g/mol. The van der Waals surface area contributed by atoms with Crippen molar-refractivity contribution in [3.05, 3.63) is 63.6 Å². The maximum atomic E-state index is 12.4. The average molecular weight is 410 g/mol. The molecule has 0 unspecified atom stereocenters. The zero-order valence-corrected chi connectivity index (χ0v) is 16.5. The Labute approximate surface area is 169 Å². The Morgan fingerprint density at radius 2 is 1.54 bits per heavy atom. The Hall–Kier alpha value is -1.26. The first-order valence-electron chi connectivity index (χ1n) is 5.86. The maximum absolute atomic E-state index is 12.4. The number of hydrogen-bond acceptors (Lipinski definition) is 4. The minimum atomic E-state index is -1.23. The molecule has 0 radical (unpaired) electrons. The van der Waals surface area contributed by atoms with Crippen molar-refractivity contribution in [2.75, 3.05) is 5.73 Å². The molecule has 2 aromatic rings. The van der Waals surface area contributed by atoms with Crippen molar-refractivity contribution >= 4 is 33.4 Å². The largest absolute Gasteiger partial charge is 1.00 e. The maximum Gasteiger partial charge on any atom is 1.00 e. The van der Waals surface area contributed by atoms with Gasteiger partial charge in [0.2, 0.25) is 0 Å². The van der Waals surface area contributed by atoms with Gasteiger partial charge < -0.3 is 32.1 Å². The van der Waals surface area contributed by atoms with E-state index in [-0.39, 0.29) is 63.9 Å². The molecule has 0 amide bonds. The fourth-order valence-corrected chi connectivity index (χ4v) is 2.14. The molecule has 0 aliphatic carbocycles. The van der Waals surface area contributed by atoms with Gasteiger partial charge in [0.25, 0.3) is 0 Å². The van der Waals surface area contributed by atoms with Crippen LogP contribution in [0.25, 0.3) is 0 Å². The SMILES string of the molecule is Nc1c(CC(=O)[O-])cccc1C(=O)c1ccc(Br)cc1.O.O.O.[Na+]. The number of benzene rings is 2. The summed E-state index contributed by atoms with van der Waals surface area (Å²) in [4.78, 5) is 23.0. The van der Waals surface area contributed by atoms with E-state index in [1.807, 2.05) is 0 Å². The molecule has 2 rings (SSSR count). The molecule has 0 aliphatic rings. The normalized spacial score (nSPS) is 8.54. The van der Waals surface area contributed by atoms with E-state index in [9.17, 15) is 14.7 Å². The molecule has 0 aromatic heterocycles. The standard InChI is InChI=1S/C15H12BrNO3.Na.3H2O/c16-11-6-4-9(5-7-11)15(20)12-3-1-2-10(14(12)17)8-13(18)19;;;;/h1-7H,8,17H2,(H,18,19);;3*1H2/q;+1;;;/p-1. The van der Waals surface area contributed by atoms with E-state index in [0.717, 1.165) is 4.47 Å². The van der Waals surface area contributed by atoms with E-state index in [1.54, 1.807) is 42.5 Å². The first kappa shape index (κ1) is 27.6. The minimum Gasteiger partial charge on any atom is -0.550 e. The second-order valence-electron chi connectivity index (χ2n) is 4.26. The molecule has 0 aliphatic heterocycles. The Kier molecular flexibility index (Phi) is 14.0. The van der Waals surface area contributed by atoms with Crippen LogP contribution in [0.3, 0.4) is 0 Å². The molecule has 0 saturated heterocycles. The number of carbonyl (C=O) groups is 2. The number of anilines is 1. The molecule has 24 heavy (non-hydrogen) atoms. The summed E-state index contributed by atoms with van der Waals surface area (Å²) in [6, 6.07) is 11.6. The van der Waals surface area contributed by atoms with Gasteiger partial charge in [-0.1, -0.05) is 28.1 Å². The number of nitrogen functional groups attached to an aromatic ring is 1. The van der Waals surface area contributed by atoms with Crippen LogP contribution in [0.15, 0.2) is 46.9 Å².